The molecule has 2 nitrogen and oxygen atoms in total. The fraction of sp³-hybridized carbons (Fsp3) is 1.00. The van der Waals surface area contributed by atoms with Gasteiger partial charge in [-0.3, -0.25) is 4.90 Å². The van der Waals surface area contributed by atoms with Crippen LogP contribution in [0, 0.1) is 0 Å². The predicted molar refractivity (Wildman–Crippen MR) is 40.3 cm³/mol. The van der Waals surface area contributed by atoms with Crippen molar-refractivity contribution in [3.63, 3.8) is 0 Å². The van der Waals surface area contributed by atoms with Crippen molar-refractivity contribution in [3.8, 4) is 0 Å². The van der Waals surface area contributed by atoms with Gasteiger partial charge in [0.15, 0.2) is 0 Å². The van der Waals surface area contributed by atoms with E-state index in [0.717, 1.165) is 32.6 Å². The number of alkyl halides is 1. The normalized spacial score (nSPS) is 35.2. The molecule has 11 heavy (non-hydrogen) atoms. The van der Waals surface area contributed by atoms with E-state index in [1.54, 1.807) is 0 Å². The molecule has 64 valence electrons. The minimum Gasteiger partial charge on any atom is -0.378 e. The molecule has 0 unspecified atom stereocenters. The minimum absolute atomic E-state index is 0.522. The first kappa shape index (κ1) is 7.50. The molecule has 0 aromatic carbocycles. The predicted octanol–water partition coefficient (Wildman–Crippen LogP) is 0.819. The Kier molecular flexibility index (Phi) is 2.09. The first-order valence-corrected chi connectivity index (χ1v) is 4.32. The Balaban J connectivity index is 1.82. The van der Waals surface area contributed by atoms with Crippen LogP contribution in [0.4, 0.5) is 4.39 Å². The molecule has 0 N–H and O–H groups in total. The van der Waals surface area contributed by atoms with Gasteiger partial charge in [0.25, 0.3) is 0 Å². The number of halogens is 1. The SMILES string of the molecule is F[C@@H]1CCCN(C2COC2)C1. The van der Waals surface area contributed by atoms with Gasteiger partial charge in [-0.05, 0) is 19.4 Å². The van der Waals surface area contributed by atoms with Crippen LogP contribution >= 0.6 is 0 Å². The van der Waals surface area contributed by atoms with E-state index in [0.29, 0.717) is 12.6 Å². The summed E-state index contributed by atoms with van der Waals surface area (Å²) in [7, 11) is 0. The van der Waals surface area contributed by atoms with Crippen LogP contribution in [0.25, 0.3) is 0 Å². The average molecular weight is 159 g/mol. The topological polar surface area (TPSA) is 12.5 Å². The van der Waals surface area contributed by atoms with Crippen molar-refractivity contribution < 1.29 is 9.13 Å². The first-order chi connectivity index (χ1) is 5.36. The number of nitrogens with zero attached hydrogens (tertiary/aromatic N) is 1. The first-order valence-electron chi connectivity index (χ1n) is 4.32. The zero-order chi connectivity index (χ0) is 7.68. The maximum atomic E-state index is 12.9. The van der Waals surface area contributed by atoms with Gasteiger partial charge in [0.1, 0.15) is 6.17 Å². The second-order valence-electron chi connectivity index (χ2n) is 3.43. The summed E-state index contributed by atoms with van der Waals surface area (Å²) in [4.78, 5) is 2.22. The zero-order valence-electron chi connectivity index (χ0n) is 6.63. The summed E-state index contributed by atoms with van der Waals surface area (Å²) in [6.07, 6.45) is 1.17. The van der Waals surface area contributed by atoms with Gasteiger partial charge in [0.05, 0.1) is 19.3 Å². The molecule has 1 atom stereocenters. The molecule has 2 saturated heterocycles. The molecule has 0 aromatic rings. The molecule has 2 aliphatic heterocycles. The molecule has 0 aromatic heterocycles. The van der Waals surface area contributed by atoms with Gasteiger partial charge in [-0.2, -0.15) is 0 Å². The van der Waals surface area contributed by atoms with Crippen molar-refractivity contribution in [3.05, 3.63) is 0 Å². The maximum absolute atomic E-state index is 12.9. The van der Waals surface area contributed by atoms with Crippen molar-refractivity contribution in [2.24, 2.45) is 0 Å². The molecule has 0 spiro atoms. The summed E-state index contributed by atoms with van der Waals surface area (Å²) in [6.45, 7) is 3.32. The molecule has 2 aliphatic rings. The van der Waals surface area contributed by atoms with Gasteiger partial charge in [-0.1, -0.05) is 0 Å². The standard InChI is InChI=1S/C8H14FNO/c9-7-2-1-3-10(4-7)8-5-11-6-8/h7-8H,1-6H2/t7-/m1/s1. The maximum Gasteiger partial charge on any atom is 0.113 e. The molecule has 0 aliphatic carbocycles. The Morgan fingerprint density at radius 1 is 1.36 bits per heavy atom. The van der Waals surface area contributed by atoms with Crippen molar-refractivity contribution in [2.75, 3.05) is 26.3 Å². The smallest absolute Gasteiger partial charge is 0.113 e. The van der Waals surface area contributed by atoms with Crippen molar-refractivity contribution >= 4 is 0 Å². The van der Waals surface area contributed by atoms with Gasteiger partial charge >= 0.3 is 0 Å². The van der Waals surface area contributed by atoms with E-state index in [4.69, 9.17) is 4.74 Å². The molecular weight excluding hydrogens is 145 g/mol. The summed E-state index contributed by atoms with van der Waals surface area (Å²) >= 11 is 0. The number of piperidine rings is 1. The molecule has 2 fully saturated rings. The monoisotopic (exact) mass is 159 g/mol. The van der Waals surface area contributed by atoms with Crippen LogP contribution in [0.1, 0.15) is 12.8 Å². The number of likely N-dealkylation sites (tertiary alicyclic amines) is 1. The van der Waals surface area contributed by atoms with E-state index in [-0.39, 0.29) is 0 Å². The lowest BCUT2D eigenvalue weighted by molar-refractivity contribution is -0.0780. The second-order valence-corrected chi connectivity index (χ2v) is 3.43. The average Bonchev–Trinajstić information content (AvgIpc) is 1.83. The number of hydrogen-bond acceptors (Lipinski definition) is 2. The number of ether oxygens (including phenoxy) is 1. The highest BCUT2D eigenvalue weighted by Gasteiger charge is 2.29. The van der Waals surface area contributed by atoms with Crippen LogP contribution in [0.5, 0.6) is 0 Å². The van der Waals surface area contributed by atoms with Crippen LogP contribution in [-0.4, -0.2) is 43.4 Å². The molecule has 2 heterocycles. The molecule has 0 amide bonds. The lowest BCUT2D eigenvalue weighted by Crippen LogP contribution is -2.52. The lowest BCUT2D eigenvalue weighted by atomic mass is 10.1. The van der Waals surface area contributed by atoms with E-state index >= 15 is 0 Å². The highest BCUT2D eigenvalue weighted by atomic mass is 19.1. The zero-order valence-corrected chi connectivity index (χ0v) is 6.63. The lowest BCUT2D eigenvalue weighted by Gasteiger charge is -2.40. The van der Waals surface area contributed by atoms with E-state index in [1.165, 1.54) is 0 Å². The molecule has 3 heteroatoms. The Hall–Kier alpha value is -0.150. The summed E-state index contributed by atoms with van der Waals surface area (Å²) in [5.74, 6) is 0. The fourth-order valence-electron chi connectivity index (χ4n) is 1.72. The van der Waals surface area contributed by atoms with Crippen LogP contribution < -0.4 is 0 Å². The Morgan fingerprint density at radius 2 is 2.18 bits per heavy atom. The minimum atomic E-state index is -0.593. The highest BCUT2D eigenvalue weighted by molar-refractivity contribution is 4.82. The van der Waals surface area contributed by atoms with Crippen LogP contribution in [-0.2, 0) is 4.74 Å². The third-order valence-electron chi connectivity index (χ3n) is 2.53. The molecule has 0 bridgehead atoms. The number of rotatable bonds is 1. The summed E-state index contributed by atoms with van der Waals surface area (Å²) < 4.78 is 17.9. The van der Waals surface area contributed by atoms with Crippen molar-refractivity contribution in [2.45, 2.75) is 25.1 Å². The molecular formula is C8H14FNO. The third-order valence-corrected chi connectivity index (χ3v) is 2.53. The van der Waals surface area contributed by atoms with Gasteiger partial charge < -0.3 is 4.74 Å². The molecule has 0 radical (unpaired) electrons. The van der Waals surface area contributed by atoms with Crippen LogP contribution in [0.2, 0.25) is 0 Å². The largest absolute Gasteiger partial charge is 0.378 e. The second kappa shape index (κ2) is 3.07. The quantitative estimate of drug-likeness (QED) is 0.561. The van der Waals surface area contributed by atoms with E-state index in [9.17, 15) is 4.39 Å². The third kappa shape index (κ3) is 1.54. The summed E-state index contributed by atoms with van der Waals surface area (Å²) in [6, 6.07) is 0.522. The van der Waals surface area contributed by atoms with Gasteiger partial charge in [0, 0.05) is 6.54 Å². The van der Waals surface area contributed by atoms with Gasteiger partial charge in [0.2, 0.25) is 0 Å². The molecule has 0 saturated carbocycles. The Bertz CT molecular complexity index is 138. The fourth-order valence-corrected chi connectivity index (χ4v) is 1.72. The van der Waals surface area contributed by atoms with Crippen molar-refractivity contribution in [1.82, 2.24) is 4.90 Å². The Labute approximate surface area is 66.3 Å². The number of hydrogen-bond donors (Lipinski definition) is 0. The van der Waals surface area contributed by atoms with E-state index in [2.05, 4.69) is 4.90 Å². The van der Waals surface area contributed by atoms with Gasteiger partial charge in [-0.15, -0.1) is 0 Å². The van der Waals surface area contributed by atoms with E-state index < -0.39 is 6.17 Å². The summed E-state index contributed by atoms with van der Waals surface area (Å²) in [5.41, 5.74) is 0. The van der Waals surface area contributed by atoms with Crippen LogP contribution in [0.15, 0.2) is 0 Å². The van der Waals surface area contributed by atoms with E-state index in [1.807, 2.05) is 0 Å². The Morgan fingerprint density at radius 3 is 2.73 bits per heavy atom. The van der Waals surface area contributed by atoms with Crippen LogP contribution in [0.3, 0.4) is 0 Å². The highest BCUT2D eigenvalue weighted by Crippen LogP contribution is 2.18. The van der Waals surface area contributed by atoms with Gasteiger partial charge in [-0.25, -0.2) is 4.39 Å². The van der Waals surface area contributed by atoms with Crippen molar-refractivity contribution in [1.29, 1.82) is 0 Å². The molecule has 2 rings (SSSR count). The summed E-state index contributed by atoms with van der Waals surface area (Å²) in [5, 5.41) is 0.